The quantitative estimate of drug-likeness (QED) is 0.474. The Hall–Kier alpha value is -2.67. The van der Waals surface area contributed by atoms with Gasteiger partial charge in [0.25, 0.3) is 0 Å². The predicted molar refractivity (Wildman–Crippen MR) is 94.8 cm³/mol. The van der Waals surface area contributed by atoms with Gasteiger partial charge in [0.15, 0.2) is 11.5 Å². The molecule has 2 aromatic rings. The highest BCUT2D eigenvalue weighted by atomic mass is 16.5. The number of hydrogen-bond donors (Lipinski definition) is 0. The van der Waals surface area contributed by atoms with Crippen LogP contribution in [0.4, 0.5) is 5.82 Å². The van der Waals surface area contributed by atoms with Crippen LogP contribution in [0.5, 0.6) is 0 Å². The van der Waals surface area contributed by atoms with Crippen LogP contribution in [0.2, 0.25) is 0 Å². The molecule has 0 radical (unpaired) electrons. The van der Waals surface area contributed by atoms with Gasteiger partial charge >= 0.3 is 5.97 Å². The molecule has 132 valence electrons. The highest BCUT2D eigenvalue weighted by Gasteiger charge is 2.21. The molecule has 2 heterocycles. The third kappa shape index (κ3) is 4.06. The maximum atomic E-state index is 12.4. The molecule has 0 saturated carbocycles. The molecule has 1 aliphatic heterocycles. The normalized spacial score (nSPS) is 14.9. The van der Waals surface area contributed by atoms with Crippen molar-refractivity contribution in [2.45, 2.75) is 13.8 Å². The Morgan fingerprint density at radius 3 is 2.72 bits per heavy atom. The van der Waals surface area contributed by atoms with Crippen molar-refractivity contribution < 1.29 is 14.3 Å². The van der Waals surface area contributed by atoms with E-state index in [1.54, 1.807) is 24.2 Å². The number of morpholine rings is 1. The van der Waals surface area contributed by atoms with Crippen molar-refractivity contribution >= 4 is 18.1 Å². The topological polar surface area (TPSA) is 68.9 Å². The van der Waals surface area contributed by atoms with Crippen LogP contribution in [-0.4, -0.2) is 59.7 Å². The van der Waals surface area contributed by atoms with Crippen molar-refractivity contribution in [3.63, 3.8) is 0 Å². The molecule has 0 atom stereocenters. The van der Waals surface area contributed by atoms with Crippen molar-refractivity contribution in [1.82, 2.24) is 14.5 Å². The van der Waals surface area contributed by atoms with E-state index in [2.05, 4.69) is 9.98 Å². The van der Waals surface area contributed by atoms with Gasteiger partial charge in [0.1, 0.15) is 6.33 Å². The summed E-state index contributed by atoms with van der Waals surface area (Å²) in [5, 5.41) is 0. The molecule has 0 unspecified atom stereocenters. The number of rotatable bonds is 5. The third-order valence-corrected chi connectivity index (χ3v) is 3.92. The number of aryl methyl sites for hydroxylation is 1. The van der Waals surface area contributed by atoms with Gasteiger partial charge in [0.2, 0.25) is 0 Å². The SMILES string of the molecule is CCOC(=O)c1c(/N=C/N2CCOCC2)ncn1-c1ccc(C)cc1. The van der Waals surface area contributed by atoms with E-state index in [0.717, 1.165) is 24.3 Å². The second-order valence-electron chi connectivity index (χ2n) is 5.74. The minimum atomic E-state index is -0.435. The smallest absolute Gasteiger partial charge is 0.359 e. The molecule has 0 spiro atoms. The predicted octanol–water partition coefficient (Wildman–Crippen LogP) is 2.35. The van der Waals surface area contributed by atoms with Crippen LogP contribution < -0.4 is 0 Å². The number of esters is 1. The van der Waals surface area contributed by atoms with Crippen molar-refractivity contribution in [3.05, 3.63) is 41.9 Å². The molecule has 0 aliphatic carbocycles. The average Bonchev–Trinajstić information content (AvgIpc) is 3.06. The number of imidazole rings is 1. The summed E-state index contributed by atoms with van der Waals surface area (Å²) in [7, 11) is 0. The number of nitrogens with zero attached hydrogens (tertiary/aromatic N) is 4. The first kappa shape index (κ1) is 17.2. The minimum Gasteiger partial charge on any atom is -0.461 e. The largest absolute Gasteiger partial charge is 0.461 e. The van der Waals surface area contributed by atoms with Crippen LogP contribution >= 0.6 is 0 Å². The van der Waals surface area contributed by atoms with Crippen molar-refractivity contribution in [2.75, 3.05) is 32.9 Å². The van der Waals surface area contributed by atoms with E-state index in [1.165, 1.54) is 0 Å². The minimum absolute atomic E-state index is 0.296. The second kappa shape index (κ2) is 7.94. The van der Waals surface area contributed by atoms with Gasteiger partial charge in [-0.1, -0.05) is 17.7 Å². The molecule has 1 aromatic carbocycles. The number of carbonyl (C=O) groups excluding carboxylic acids is 1. The first-order valence-corrected chi connectivity index (χ1v) is 8.36. The first-order valence-electron chi connectivity index (χ1n) is 8.36. The van der Waals surface area contributed by atoms with Crippen molar-refractivity contribution in [2.24, 2.45) is 4.99 Å². The van der Waals surface area contributed by atoms with E-state index >= 15 is 0 Å². The van der Waals surface area contributed by atoms with Crippen LogP contribution in [0.15, 0.2) is 35.6 Å². The Bertz CT molecular complexity index is 746. The third-order valence-electron chi connectivity index (χ3n) is 3.92. The number of aliphatic imine (C=N–C) groups is 1. The molecule has 25 heavy (non-hydrogen) atoms. The Morgan fingerprint density at radius 1 is 1.32 bits per heavy atom. The number of ether oxygens (including phenoxy) is 2. The van der Waals surface area contributed by atoms with E-state index in [0.29, 0.717) is 31.3 Å². The van der Waals surface area contributed by atoms with E-state index in [4.69, 9.17) is 9.47 Å². The zero-order valence-electron chi connectivity index (χ0n) is 14.5. The number of hydrogen-bond acceptors (Lipinski definition) is 5. The lowest BCUT2D eigenvalue weighted by molar-refractivity contribution is 0.0518. The molecule has 0 amide bonds. The van der Waals surface area contributed by atoms with Crippen LogP contribution in [0.25, 0.3) is 5.69 Å². The van der Waals surface area contributed by atoms with Crippen LogP contribution in [0, 0.1) is 6.92 Å². The van der Waals surface area contributed by atoms with E-state index < -0.39 is 5.97 Å². The number of benzene rings is 1. The van der Waals surface area contributed by atoms with E-state index in [-0.39, 0.29) is 0 Å². The molecule has 7 nitrogen and oxygen atoms in total. The second-order valence-corrected chi connectivity index (χ2v) is 5.74. The lowest BCUT2D eigenvalue weighted by Gasteiger charge is -2.23. The van der Waals surface area contributed by atoms with Crippen molar-refractivity contribution in [1.29, 1.82) is 0 Å². The zero-order chi connectivity index (χ0) is 17.6. The van der Waals surface area contributed by atoms with Crippen LogP contribution in [0.1, 0.15) is 23.0 Å². The summed E-state index contributed by atoms with van der Waals surface area (Å²) in [4.78, 5) is 23.2. The molecule has 1 fully saturated rings. The number of carbonyl (C=O) groups is 1. The van der Waals surface area contributed by atoms with Crippen molar-refractivity contribution in [3.8, 4) is 5.69 Å². The van der Waals surface area contributed by atoms with Crippen LogP contribution in [-0.2, 0) is 9.47 Å². The van der Waals surface area contributed by atoms with Gasteiger partial charge in [-0.25, -0.2) is 14.8 Å². The lowest BCUT2D eigenvalue weighted by Crippen LogP contribution is -2.35. The summed E-state index contributed by atoms with van der Waals surface area (Å²) in [6.07, 6.45) is 3.32. The van der Waals surface area contributed by atoms with E-state index in [9.17, 15) is 4.79 Å². The molecular weight excluding hydrogens is 320 g/mol. The van der Waals surface area contributed by atoms with E-state index in [1.807, 2.05) is 36.1 Å². The summed E-state index contributed by atoms with van der Waals surface area (Å²) in [6, 6.07) is 7.85. The van der Waals surface area contributed by atoms with Gasteiger partial charge in [-0.05, 0) is 26.0 Å². The summed E-state index contributed by atoms with van der Waals surface area (Å²) in [5.41, 5.74) is 2.32. The van der Waals surface area contributed by atoms with Gasteiger partial charge in [-0.15, -0.1) is 0 Å². The molecular formula is C18H22N4O3. The molecule has 0 bridgehead atoms. The average molecular weight is 342 g/mol. The van der Waals surface area contributed by atoms with Gasteiger partial charge in [-0.2, -0.15) is 0 Å². The Kier molecular flexibility index (Phi) is 5.45. The first-order chi connectivity index (χ1) is 12.2. The number of aromatic nitrogens is 2. The maximum absolute atomic E-state index is 12.4. The Labute approximate surface area is 146 Å². The molecule has 3 rings (SSSR count). The summed E-state index contributed by atoms with van der Waals surface area (Å²) < 4.78 is 12.2. The van der Waals surface area contributed by atoms with Crippen LogP contribution in [0.3, 0.4) is 0 Å². The monoisotopic (exact) mass is 342 g/mol. The zero-order valence-corrected chi connectivity index (χ0v) is 14.5. The molecule has 1 aliphatic rings. The Balaban J connectivity index is 1.93. The van der Waals surface area contributed by atoms with Gasteiger partial charge < -0.3 is 14.4 Å². The molecule has 7 heteroatoms. The lowest BCUT2D eigenvalue weighted by atomic mass is 10.2. The summed E-state index contributed by atoms with van der Waals surface area (Å²) >= 11 is 0. The van der Waals surface area contributed by atoms with Gasteiger partial charge in [0.05, 0.1) is 26.2 Å². The van der Waals surface area contributed by atoms with Gasteiger partial charge in [0, 0.05) is 18.8 Å². The molecule has 1 saturated heterocycles. The highest BCUT2D eigenvalue weighted by molar-refractivity contribution is 5.93. The summed E-state index contributed by atoms with van der Waals surface area (Å²) in [5.74, 6) is -0.0831. The molecule has 0 N–H and O–H groups in total. The fraction of sp³-hybridized carbons (Fsp3) is 0.389. The molecule has 1 aromatic heterocycles. The highest BCUT2D eigenvalue weighted by Crippen LogP contribution is 2.22. The maximum Gasteiger partial charge on any atom is 0.359 e. The fourth-order valence-electron chi connectivity index (χ4n) is 2.55. The standard InChI is InChI=1S/C18H22N4O3/c1-3-25-18(23)16-17(19-12-21-8-10-24-11-9-21)20-13-22(16)15-6-4-14(2)5-7-15/h4-7,12-13H,3,8-11H2,1-2H3/b19-12+. The summed E-state index contributed by atoms with van der Waals surface area (Å²) in [6.45, 7) is 6.99. The fourth-order valence-corrected chi connectivity index (χ4v) is 2.55. The van der Waals surface area contributed by atoms with Gasteiger partial charge in [-0.3, -0.25) is 4.57 Å². The Morgan fingerprint density at radius 2 is 2.04 bits per heavy atom.